The summed E-state index contributed by atoms with van der Waals surface area (Å²) in [7, 11) is 2.31. The first-order valence-corrected chi connectivity index (χ1v) is 8.16. The van der Waals surface area contributed by atoms with Crippen LogP contribution in [0.5, 0.6) is 0 Å². The van der Waals surface area contributed by atoms with Gasteiger partial charge in [-0.2, -0.15) is 0 Å². The van der Waals surface area contributed by atoms with E-state index in [-0.39, 0.29) is 4.87 Å². The maximum Gasteiger partial charge on any atom is 0.0910 e. The van der Waals surface area contributed by atoms with Gasteiger partial charge in [0, 0.05) is 22.7 Å². The monoisotopic (exact) mass is 276 g/mol. The second-order valence-electron chi connectivity index (χ2n) is 6.06. The molecular weight excluding hydrogens is 252 g/mol. The van der Waals surface area contributed by atoms with Crippen LogP contribution in [0.15, 0.2) is 35.4 Å². The third-order valence-corrected chi connectivity index (χ3v) is 6.09. The van der Waals surface area contributed by atoms with Crippen LogP contribution in [0.25, 0.3) is 0 Å². The molecule has 0 aliphatic carbocycles. The molecule has 1 N–H and O–H groups in total. The summed E-state index contributed by atoms with van der Waals surface area (Å²) < 4.78 is 0. The molecule has 0 aromatic carbocycles. The fourth-order valence-corrected chi connectivity index (χ4v) is 5.19. The number of nitrogens with zero attached hydrogens (tertiary/aromatic N) is 1. The van der Waals surface area contributed by atoms with E-state index in [1.54, 1.807) is 0 Å². The predicted octanol–water partition coefficient (Wildman–Crippen LogP) is 3.64. The van der Waals surface area contributed by atoms with Crippen molar-refractivity contribution in [1.29, 1.82) is 0 Å². The van der Waals surface area contributed by atoms with Crippen LogP contribution in [0.1, 0.15) is 39.0 Å². The van der Waals surface area contributed by atoms with Gasteiger partial charge in [-0.25, -0.2) is 0 Å². The summed E-state index contributed by atoms with van der Waals surface area (Å²) in [6, 6.07) is 1.50. The zero-order valence-electron chi connectivity index (χ0n) is 12.0. The van der Waals surface area contributed by atoms with E-state index in [0.29, 0.717) is 0 Å². The first kappa shape index (κ1) is 13.3. The van der Waals surface area contributed by atoms with Crippen molar-refractivity contribution in [3.8, 4) is 0 Å². The Labute approximate surface area is 121 Å². The number of piperidine rings is 2. The van der Waals surface area contributed by atoms with Crippen LogP contribution in [0, 0.1) is 0 Å². The number of hydrogen-bond acceptors (Lipinski definition) is 3. The molecule has 2 nitrogen and oxygen atoms in total. The first-order valence-electron chi connectivity index (χ1n) is 7.35. The lowest BCUT2D eigenvalue weighted by Gasteiger charge is -2.51. The van der Waals surface area contributed by atoms with E-state index < -0.39 is 0 Å². The van der Waals surface area contributed by atoms with Gasteiger partial charge in [0.1, 0.15) is 0 Å². The summed E-state index contributed by atoms with van der Waals surface area (Å²) in [5.74, 6) is 0. The molecule has 2 unspecified atom stereocenters. The highest BCUT2D eigenvalue weighted by atomic mass is 32.2. The van der Waals surface area contributed by atoms with E-state index in [1.165, 1.54) is 42.7 Å². The van der Waals surface area contributed by atoms with E-state index in [1.807, 2.05) is 11.8 Å². The molecule has 2 bridgehead atoms. The topological polar surface area (TPSA) is 15.3 Å². The molecule has 0 aromatic heterocycles. The Bertz CT molecular complexity index is 424. The molecule has 0 saturated carbocycles. The summed E-state index contributed by atoms with van der Waals surface area (Å²) in [6.07, 6.45) is 13.0. The van der Waals surface area contributed by atoms with Crippen LogP contribution in [-0.4, -0.2) is 28.9 Å². The minimum absolute atomic E-state index is 0.215. The van der Waals surface area contributed by atoms with Crippen LogP contribution in [-0.2, 0) is 0 Å². The Kier molecular flexibility index (Phi) is 3.52. The molecule has 1 spiro atoms. The third-order valence-electron chi connectivity index (χ3n) is 4.79. The van der Waals surface area contributed by atoms with Crippen molar-refractivity contribution in [2.24, 2.45) is 0 Å². The van der Waals surface area contributed by atoms with Gasteiger partial charge >= 0.3 is 0 Å². The summed E-state index contributed by atoms with van der Waals surface area (Å²) in [4.78, 5) is 4.04. The maximum absolute atomic E-state index is 4.24. The van der Waals surface area contributed by atoms with Crippen LogP contribution in [0.2, 0.25) is 0 Å². The lowest BCUT2D eigenvalue weighted by Crippen LogP contribution is -2.58. The molecule has 3 rings (SSSR count). The van der Waals surface area contributed by atoms with Crippen LogP contribution < -0.4 is 5.32 Å². The molecule has 0 amide bonds. The van der Waals surface area contributed by atoms with Gasteiger partial charge in [-0.15, -0.1) is 0 Å². The molecule has 3 aliphatic heterocycles. The fraction of sp³-hybridized carbons (Fsp3) is 0.625. The summed E-state index contributed by atoms with van der Waals surface area (Å²) >= 11 is 1.97. The number of fused-ring (bicyclic) bond motifs is 2. The van der Waals surface area contributed by atoms with Gasteiger partial charge in [0.05, 0.1) is 4.87 Å². The number of hydrogen-bond donors (Lipinski definition) is 1. The molecule has 3 saturated heterocycles. The SMILES string of the molecule is C=C1SC2(CC3CCCC(C2)N3C)N/C1=C/C=C\C. The maximum atomic E-state index is 4.24. The smallest absolute Gasteiger partial charge is 0.0910 e. The molecule has 2 atom stereocenters. The van der Waals surface area contributed by atoms with Gasteiger partial charge in [-0.05, 0) is 45.7 Å². The van der Waals surface area contributed by atoms with Crippen LogP contribution >= 0.6 is 11.8 Å². The zero-order chi connectivity index (χ0) is 13.5. The van der Waals surface area contributed by atoms with Crippen molar-refractivity contribution in [2.45, 2.75) is 56.0 Å². The Morgan fingerprint density at radius 1 is 1.37 bits per heavy atom. The minimum atomic E-state index is 0.215. The Morgan fingerprint density at radius 2 is 2.05 bits per heavy atom. The molecular formula is C16H24N2S. The molecule has 19 heavy (non-hydrogen) atoms. The van der Waals surface area contributed by atoms with Crippen molar-refractivity contribution in [2.75, 3.05) is 7.05 Å². The summed E-state index contributed by atoms with van der Waals surface area (Å²) in [5.41, 5.74) is 1.23. The number of nitrogens with one attached hydrogen (secondary N) is 1. The molecule has 3 heteroatoms. The third kappa shape index (κ3) is 2.38. The highest BCUT2D eigenvalue weighted by Gasteiger charge is 2.48. The van der Waals surface area contributed by atoms with E-state index in [2.05, 4.69) is 49.0 Å². The first-order chi connectivity index (χ1) is 9.13. The van der Waals surface area contributed by atoms with Crippen molar-refractivity contribution < 1.29 is 0 Å². The lowest BCUT2D eigenvalue weighted by atomic mass is 9.81. The summed E-state index contributed by atoms with van der Waals surface area (Å²) in [5, 5.41) is 3.79. The predicted molar refractivity (Wildman–Crippen MR) is 83.9 cm³/mol. The minimum Gasteiger partial charge on any atom is -0.369 e. The molecule has 3 heterocycles. The normalized spacial score (nSPS) is 41.4. The largest absolute Gasteiger partial charge is 0.369 e. The Balaban J connectivity index is 1.81. The molecule has 0 radical (unpaired) electrons. The number of allylic oxidation sites excluding steroid dienone is 3. The van der Waals surface area contributed by atoms with Gasteiger partial charge < -0.3 is 10.2 Å². The average Bonchev–Trinajstić information content (AvgIpc) is 2.66. The van der Waals surface area contributed by atoms with Gasteiger partial charge in [0.25, 0.3) is 0 Å². The molecule has 104 valence electrons. The number of thioether (sulfide) groups is 1. The quantitative estimate of drug-likeness (QED) is 0.787. The zero-order valence-corrected chi connectivity index (χ0v) is 12.8. The standard InChI is InChI=1S/C16H24N2S/c1-4-5-9-15-12(2)19-16(17-15)10-13-7-6-8-14(11-16)18(13)3/h4-5,9,13-14,17H,2,6-8,10-11H2,1,3H3/b5-4-,15-9+. The van der Waals surface area contributed by atoms with Crippen molar-refractivity contribution >= 4 is 11.8 Å². The van der Waals surface area contributed by atoms with Crippen molar-refractivity contribution in [1.82, 2.24) is 10.2 Å². The Hall–Kier alpha value is -0.670. The number of rotatable bonds is 1. The molecule has 0 aromatic rings. The van der Waals surface area contributed by atoms with Crippen LogP contribution in [0.3, 0.4) is 0 Å². The highest BCUT2D eigenvalue weighted by Crippen LogP contribution is 2.51. The van der Waals surface area contributed by atoms with E-state index in [9.17, 15) is 0 Å². The van der Waals surface area contributed by atoms with E-state index in [4.69, 9.17) is 0 Å². The van der Waals surface area contributed by atoms with Gasteiger partial charge in [-0.1, -0.05) is 36.9 Å². The van der Waals surface area contributed by atoms with E-state index >= 15 is 0 Å². The van der Waals surface area contributed by atoms with Gasteiger partial charge in [0.15, 0.2) is 0 Å². The van der Waals surface area contributed by atoms with E-state index in [0.717, 1.165) is 12.1 Å². The average molecular weight is 276 g/mol. The van der Waals surface area contributed by atoms with Gasteiger partial charge in [-0.3, -0.25) is 0 Å². The van der Waals surface area contributed by atoms with Crippen molar-refractivity contribution in [3.63, 3.8) is 0 Å². The second-order valence-corrected chi connectivity index (χ2v) is 7.54. The Morgan fingerprint density at radius 3 is 2.68 bits per heavy atom. The lowest BCUT2D eigenvalue weighted by molar-refractivity contribution is 0.0433. The highest BCUT2D eigenvalue weighted by molar-refractivity contribution is 8.04. The fourth-order valence-electron chi connectivity index (χ4n) is 3.78. The van der Waals surface area contributed by atoms with Crippen molar-refractivity contribution in [3.05, 3.63) is 35.4 Å². The molecule has 3 fully saturated rings. The summed E-state index contributed by atoms with van der Waals surface area (Å²) in [6.45, 7) is 6.29. The van der Waals surface area contributed by atoms with Crippen LogP contribution in [0.4, 0.5) is 0 Å². The van der Waals surface area contributed by atoms with Gasteiger partial charge in [0.2, 0.25) is 0 Å². The molecule has 3 aliphatic rings. The second kappa shape index (κ2) is 5.02.